The van der Waals surface area contributed by atoms with E-state index in [0.29, 0.717) is 5.69 Å². The van der Waals surface area contributed by atoms with Gasteiger partial charge in [0.1, 0.15) is 0 Å². The summed E-state index contributed by atoms with van der Waals surface area (Å²) < 4.78 is 25.0. The number of hydrogen-bond acceptors (Lipinski definition) is 4. The van der Waals surface area contributed by atoms with Crippen molar-refractivity contribution < 1.29 is 8.42 Å². The molecule has 134 valence electrons. The molecule has 4 aromatic rings. The van der Waals surface area contributed by atoms with Crippen LogP contribution in [0.15, 0.2) is 60.9 Å². The van der Waals surface area contributed by atoms with Crippen molar-refractivity contribution in [3.05, 3.63) is 60.9 Å². The zero-order valence-electron chi connectivity index (χ0n) is 13.9. The minimum absolute atomic E-state index is 0. The Morgan fingerprint density at radius 2 is 1.69 bits per heavy atom. The minimum Gasteiger partial charge on any atom is -0.361 e. The van der Waals surface area contributed by atoms with Gasteiger partial charge in [-0.25, -0.2) is 8.42 Å². The van der Waals surface area contributed by atoms with Crippen LogP contribution in [0.25, 0.3) is 21.8 Å². The SMILES string of the molecule is CS(=O)(=O)Nc1ccc(Nc2cc[nH]c3ccc4nccc4c23)cc1.Cl. The van der Waals surface area contributed by atoms with E-state index in [1.165, 1.54) is 0 Å². The lowest BCUT2D eigenvalue weighted by atomic mass is 10.1. The third-order valence-electron chi connectivity index (χ3n) is 3.90. The zero-order valence-corrected chi connectivity index (χ0v) is 15.5. The number of halogens is 1. The number of H-pyrrole nitrogens is 1. The van der Waals surface area contributed by atoms with Gasteiger partial charge in [-0.1, -0.05) is 0 Å². The summed E-state index contributed by atoms with van der Waals surface area (Å²) in [6.45, 7) is 0. The van der Waals surface area contributed by atoms with Crippen LogP contribution in [-0.4, -0.2) is 24.6 Å². The topological polar surface area (TPSA) is 86.9 Å². The number of aromatic amines is 1. The van der Waals surface area contributed by atoms with Crippen LogP contribution in [0, 0.1) is 0 Å². The first-order valence-corrected chi connectivity index (χ1v) is 9.58. The highest BCUT2D eigenvalue weighted by atomic mass is 35.5. The van der Waals surface area contributed by atoms with Gasteiger partial charge in [-0.15, -0.1) is 12.4 Å². The summed E-state index contributed by atoms with van der Waals surface area (Å²) in [5.74, 6) is 0. The maximum absolute atomic E-state index is 11.3. The smallest absolute Gasteiger partial charge is 0.229 e. The molecular formula is C18H17ClN4O2S. The summed E-state index contributed by atoms with van der Waals surface area (Å²) in [4.78, 5) is 7.61. The predicted octanol–water partition coefficient (Wildman–Crippen LogP) is 4.25. The van der Waals surface area contributed by atoms with Gasteiger partial charge < -0.3 is 10.3 Å². The van der Waals surface area contributed by atoms with Crippen molar-refractivity contribution in [3.8, 4) is 0 Å². The first kappa shape index (κ1) is 18.0. The molecule has 2 aromatic carbocycles. The van der Waals surface area contributed by atoms with Gasteiger partial charge in [0.2, 0.25) is 10.0 Å². The number of benzene rings is 2. The van der Waals surface area contributed by atoms with Crippen LogP contribution >= 0.6 is 12.4 Å². The summed E-state index contributed by atoms with van der Waals surface area (Å²) in [5, 5.41) is 5.54. The molecule has 26 heavy (non-hydrogen) atoms. The van der Waals surface area contributed by atoms with Crippen molar-refractivity contribution in [3.63, 3.8) is 0 Å². The molecule has 3 N–H and O–H groups in total. The van der Waals surface area contributed by atoms with E-state index in [9.17, 15) is 8.42 Å². The third-order valence-corrected chi connectivity index (χ3v) is 4.51. The van der Waals surface area contributed by atoms with Crippen LogP contribution < -0.4 is 10.0 Å². The van der Waals surface area contributed by atoms with E-state index >= 15 is 0 Å². The molecule has 0 aliphatic heterocycles. The van der Waals surface area contributed by atoms with Gasteiger partial charge in [-0.05, 0) is 48.5 Å². The number of nitrogens with zero attached hydrogens (tertiary/aromatic N) is 1. The second-order valence-electron chi connectivity index (χ2n) is 5.83. The van der Waals surface area contributed by atoms with Gasteiger partial charge in [0.25, 0.3) is 0 Å². The quantitative estimate of drug-likeness (QED) is 0.487. The molecule has 8 heteroatoms. The molecule has 0 unspecified atom stereocenters. The Morgan fingerprint density at radius 3 is 2.42 bits per heavy atom. The number of pyridine rings is 1. The van der Waals surface area contributed by atoms with Crippen molar-refractivity contribution in [1.82, 2.24) is 9.97 Å². The highest BCUT2D eigenvalue weighted by molar-refractivity contribution is 7.92. The molecule has 0 amide bonds. The van der Waals surface area contributed by atoms with E-state index in [1.54, 1.807) is 18.3 Å². The molecule has 0 spiro atoms. The van der Waals surface area contributed by atoms with Crippen LogP contribution in [0.3, 0.4) is 0 Å². The van der Waals surface area contributed by atoms with Gasteiger partial charge in [0, 0.05) is 45.7 Å². The van der Waals surface area contributed by atoms with E-state index in [1.807, 2.05) is 42.6 Å². The van der Waals surface area contributed by atoms with Gasteiger partial charge in [0.15, 0.2) is 0 Å². The average Bonchev–Trinajstić information content (AvgIpc) is 3.04. The fourth-order valence-corrected chi connectivity index (χ4v) is 3.45. The van der Waals surface area contributed by atoms with E-state index in [4.69, 9.17) is 0 Å². The molecular weight excluding hydrogens is 372 g/mol. The summed E-state index contributed by atoms with van der Waals surface area (Å²) >= 11 is 0. The lowest BCUT2D eigenvalue weighted by Gasteiger charge is -2.12. The van der Waals surface area contributed by atoms with Crippen LogP contribution in [0.2, 0.25) is 0 Å². The fraction of sp³-hybridized carbons (Fsp3) is 0.0556. The van der Waals surface area contributed by atoms with Crippen molar-refractivity contribution in [2.24, 2.45) is 0 Å². The lowest BCUT2D eigenvalue weighted by Crippen LogP contribution is -2.09. The molecule has 0 aliphatic carbocycles. The van der Waals surface area contributed by atoms with E-state index in [-0.39, 0.29) is 12.4 Å². The first-order chi connectivity index (χ1) is 12.0. The standard InChI is InChI=1S/C18H16N4O2S.ClH/c1-25(23,24)22-13-4-2-12(3-5-13)21-17-9-11-20-16-7-6-15-14(18(16)17)8-10-19-15;/h2-11,20-22H,1H3;1H. The van der Waals surface area contributed by atoms with Crippen molar-refractivity contribution in [1.29, 1.82) is 0 Å². The second-order valence-corrected chi connectivity index (χ2v) is 7.58. The Balaban J connectivity index is 0.00000196. The van der Waals surface area contributed by atoms with Crippen LogP contribution in [0.4, 0.5) is 17.1 Å². The molecule has 0 fully saturated rings. The van der Waals surface area contributed by atoms with E-state index in [2.05, 4.69) is 20.0 Å². The maximum Gasteiger partial charge on any atom is 0.229 e. The van der Waals surface area contributed by atoms with Crippen LogP contribution in [-0.2, 0) is 10.0 Å². The predicted molar refractivity (Wildman–Crippen MR) is 109 cm³/mol. The summed E-state index contributed by atoms with van der Waals surface area (Å²) in [6.07, 6.45) is 4.81. The molecule has 0 radical (unpaired) electrons. The molecule has 0 atom stereocenters. The van der Waals surface area contributed by atoms with Crippen molar-refractivity contribution in [2.45, 2.75) is 0 Å². The molecule has 6 nitrogen and oxygen atoms in total. The minimum atomic E-state index is -3.28. The van der Waals surface area contributed by atoms with Gasteiger partial charge in [0.05, 0.1) is 11.8 Å². The molecule has 2 aromatic heterocycles. The van der Waals surface area contributed by atoms with Gasteiger partial charge in [-0.2, -0.15) is 0 Å². The third kappa shape index (κ3) is 3.58. The van der Waals surface area contributed by atoms with Crippen molar-refractivity contribution >= 4 is 61.3 Å². The number of aromatic nitrogens is 2. The number of hydrogen-bond donors (Lipinski definition) is 3. The second kappa shape index (κ2) is 6.86. The lowest BCUT2D eigenvalue weighted by molar-refractivity contribution is 0.607. The van der Waals surface area contributed by atoms with Gasteiger partial charge >= 0.3 is 0 Å². The number of nitrogens with one attached hydrogen (secondary N) is 3. The molecule has 4 rings (SSSR count). The van der Waals surface area contributed by atoms with Crippen LogP contribution in [0.5, 0.6) is 0 Å². The molecule has 0 aliphatic rings. The zero-order chi connectivity index (χ0) is 17.4. The highest BCUT2D eigenvalue weighted by Gasteiger charge is 2.08. The molecule has 2 heterocycles. The Hall–Kier alpha value is -2.77. The summed E-state index contributed by atoms with van der Waals surface area (Å²) in [7, 11) is -3.28. The Morgan fingerprint density at radius 1 is 0.962 bits per heavy atom. The highest BCUT2D eigenvalue weighted by Crippen LogP contribution is 2.31. The number of sulfonamides is 1. The number of anilines is 3. The van der Waals surface area contributed by atoms with Crippen LogP contribution in [0.1, 0.15) is 0 Å². The summed E-state index contributed by atoms with van der Waals surface area (Å²) in [5.41, 5.74) is 4.31. The Kier molecular flexibility index (Phi) is 4.76. The maximum atomic E-state index is 11.3. The number of fused-ring (bicyclic) bond motifs is 3. The molecule has 0 bridgehead atoms. The normalized spacial score (nSPS) is 11.3. The first-order valence-electron chi connectivity index (χ1n) is 7.69. The molecule has 0 saturated heterocycles. The summed E-state index contributed by atoms with van der Waals surface area (Å²) in [6, 6.07) is 15.1. The monoisotopic (exact) mass is 388 g/mol. The molecule has 0 saturated carbocycles. The largest absolute Gasteiger partial charge is 0.361 e. The fourth-order valence-electron chi connectivity index (χ4n) is 2.89. The van der Waals surface area contributed by atoms with Crippen molar-refractivity contribution in [2.75, 3.05) is 16.3 Å². The number of rotatable bonds is 4. The Bertz CT molecular complexity index is 1170. The Labute approximate surface area is 157 Å². The van der Waals surface area contributed by atoms with E-state index < -0.39 is 10.0 Å². The van der Waals surface area contributed by atoms with Gasteiger partial charge in [-0.3, -0.25) is 9.71 Å². The van der Waals surface area contributed by atoms with E-state index in [0.717, 1.165) is 39.4 Å². The average molecular weight is 389 g/mol.